The van der Waals surface area contributed by atoms with Crippen LogP contribution in [0.3, 0.4) is 0 Å². The lowest BCUT2D eigenvalue weighted by Crippen LogP contribution is -2.32. The van der Waals surface area contributed by atoms with Crippen molar-refractivity contribution >= 4 is 6.41 Å². The Morgan fingerprint density at radius 3 is 2.41 bits per heavy atom. The molecule has 1 rings (SSSR count). The van der Waals surface area contributed by atoms with Crippen LogP contribution in [0.25, 0.3) is 0 Å². The van der Waals surface area contributed by atoms with Gasteiger partial charge in [0.15, 0.2) is 0 Å². The zero-order chi connectivity index (χ0) is 12.9. The Morgan fingerprint density at radius 1 is 1.41 bits per heavy atom. The van der Waals surface area contributed by atoms with Gasteiger partial charge in [0, 0.05) is 5.56 Å². The third-order valence-corrected chi connectivity index (χ3v) is 2.66. The summed E-state index contributed by atoms with van der Waals surface area (Å²) in [5.74, 6) is 2.52. The normalized spacial score (nSPS) is 12.0. The van der Waals surface area contributed by atoms with Crippen molar-refractivity contribution in [2.24, 2.45) is 5.41 Å². The van der Waals surface area contributed by atoms with Crippen LogP contribution in [0.5, 0.6) is 0 Å². The minimum Gasteiger partial charge on any atom is -0.350 e. The molecule has 1 N–H and O–H groups in total. The minimum atomic E-state index is -0.682. The molecule has 0 aliphatic rings. The molecule has 3 nitrogen and oxygen atoms in total. The average molecular weight is 226 g/mol. The third-order valence-electron chi connectivity index (χ3n) is 2.66. The molecule has 0 radical (unpaired) electrons. The SMILES string of the molecule is C#Cc1ccc(C(NC=O)C(C)(C)C#N)cc1. The quantitative estimate of drug-likeness (QED) is 0.630. The number of nitriles is 1. The molecular formula is C14H14N2O. The number of terminal acetylenes is 1. The zero-order valence-corrected chi connectivity index (χ0v) is 9.90. The summed E-state index contributed by atoms with van der Waals surface area (Å²) in [5, 5.41) is 11.8. The standard InChI is InChI=1S/C14H14N2O/c1-4-11-5-7-12(8-6-11)13(16-10-17)14(2,3)9-15/h1,5-8,10,13H,2-3H3,(H,16,17). The van der Waals surface area contributed by atoms with Crippen LogP contribution in [0.15, 0.2) is 24.3 Å². The maximum Gasteiger partial charge on any atom is 0.207 e. The van der Waals surface area contributed by atoms with Gasteiger partial charge in [0.25, 0.3) is 0 Å². The third kappa shape index (κ3) is 2.86. The van der Waals surface area contributed by atoms with Crippen LogP contribution in [0.2, 0.25) is 0 Å². The highest BCUT2D eigenvalue weighted by Crippen LogP contribution is 2.32. The molecule has 1 amide bonds. The van der Waals surface area contributed by atoms with Crippen LogP contribution < -0.4 is 5.32 Å². The van der Waals surface area contributed by atoms with Gasteiger partial charge in [-0.05, 0) is 31.5 Å². The minimum absolute atomic E-state index is 0.350. The Labute approximate surface area is 101 Å². The molecule has 0 spiro atoms. The van der Waals surface area contributed by atoms with Gasteiger partial charge in [-0.25, -0.2) is 0 Å². The fourth-order valence-corrected chi connectivity index (χ4v) is 1.63. The summed E-state index contributed by atoms with van der Waals surface area (Å²) < 4.78 is 0. The first-order chi connectivity index (χ1) is 8.05. The number of carbonyl (C=O) groups excluding carboxylic acids is 1. The second-order valence-corrected chi connectivity index (χ2v) is 4.32. The predicted molar refractivity (Wildman–Crippen MR) is 65.7 cm³/mol. The van der Waals surface area contributed by atoms with E-state index in [2.05, 4.69) is 17.3 Å². The van der Waals surface area contributed by atoms with E-state index in [-0.39, 0.29) is 6.04 Å². The monoisotopic (exact) mass is 226 g/mol. The van der Waals surface area contributed by atoms with Crippen molar-refractivity contribution in [3.8, 4) is 18.4 Å². The van der Waals surface area contributed by atoms with E-state index < -0.39 is 5.41 Å². The van der Waals surface area contributed by atoms with Gasteiger partial charge >= 0.3 is 0 Å². The van der Waals surface area contributed by atoms with E-state index in [1.54, 1.807) is 26.0 Å². The molecular weight excluding hydrogens is 212 g/mol. The molecule has 86 valence electrons. The molecule has 0 bridgehead atoms. The van der Waals surface area contributed by atoms with E-state index in [4.69, 9.17) is 11.7 Å². The lowest BCUT2D eigenvalue weighted by atomic mass is 9.82. The van der Waals surface area contributed by atoms with E-state index >= 15 is 0 Å². The summed E-state index contributed by atoms with van der Waals surface area (Å²) in [6, 6.07) is 9.09. The van der Waals surface area contributed by atoms with Gasteiger partial charge in [0.1, 0.15) is 0 Å². The van der Waals surface area contributed by atoms with Crippen LogP contribution >= 0.6 is 0 Å². The van der Waals surface area contributed by atoms with Gasteiger partial charge in [-0.2, -0.15) is 5.26 Å². The number of nitrogens with one attached hydrogen (secondary N) is 1. The maximum atomic E-state index is 10.6. The number of carbonyl (C=O) groups is 1. The maximum absolute atomic E-state index is 10.6. The van der Waals surface area contributed by atoms with Crippen molar-refractivity contribution in [3.05, 3.63) is 35.4 Å². The van der Waals surface area contributed by atoms with E-state index in [0.717, 1.165) is 11.1 Å². The number of hydrogen-bond donors (Lipinski definition) is 1. The van der Waals surface area contributed by atoms with Gasteiger partial charge in [-0.15, -0.1) is 6.42 Å². The van der Waals surface area contributed by atoms with Crippen molar-refractivity contribution in [2.75, 3.05) is 0 Å². The number of benzene rings is 1. The Hall–Kier alpha value is -2.26. The topological polar surface area (TPSA) is 52.9 Å². The fraction of sp³-hybridized carbons (Fsp3) is 0.286. The Balaban J connectivity index is 3.11. The van der Waals surface area contributed by atoms with Crippen molar-refractivity contribution in [1.29, 1.82) is 5.26 Å². The summed E-state index contributed by atoms with van der Waals surface area (Å²) in [5.41, 5.74) is 0.953. The van der Waals surface area contributed by atoms with Gasteiger partial charge in [-0.3, -0.25) is 4.79 Å². The van der Waals surface area contributed by atoms with Crippen LogP contribution in [0, 0.1) is 29.1 Å². The van der Waals surface area contributed by atoms with Crippen molar-refractivity contribution < 1.29 is 4.79 Å². The largest absolute Gasteiger partial charge is 0.350 e. The van der Waals surface area contributed by atoms with Gasteiger partial charge in [-0.1, -0.05) is 18.1 Å². The molecule has 0 fully saturated rings. The van der Waals surface area contributed by atoms with Crippen molar-refractivity contribution in [2.45, 2.75) is 19.9 Å². The summed E-state index contributed by atoms with van der Waals surface area (Å²) in [6.07, 6.45) is 5.88. The molecule has 0 saturated carbocycles. The molecule has 1 unspecified atom stereocenters. The molecule has 0 heterocycles. The number of rotatable bonds is 4. The predicted octanol–water partition coefficient (Wildman–Crippen LogP) is 2.00. The Bertz CT molecular complexity index is 474. The first kappa shape index (κ1) is 12.8. The molecule has 1 aromatic carbocycles. The number of nitrogens with zero attached hydrogens (tertiary/aromatic N) is 1. The number of hydrogen-bond acceptors (Lipinski definition) is 2. The molecule has 1 aromatic rings. The lowest BCUT2D eigenvalue weighted by molar-refractivity contribution is -0.110. The molecule has 1 atom stereocenters. The van der Waals surface area contributed by atoms with Gasteiger partial charge < -0.3 is 5.32 Å². The second kappa shape index (κ2) is 5.18. The summed E-state index contributed by atoms with van der Waals surface area (Å²) in [4.78, 5) is 10.6. The Kier molecular flexibility index (Phi) is 3.91. The molecule has 0 aliphatic carbocycles. The molecule has 0 saturated heterocycles. The average Bonchev–Trinajstić information content (AvgIpc) is 2.36. The number of amides is 1. The zero-order valence-electron chi connectivity index (χ0n) is 9.90. The molecule has 17 heavy (non-hydrogen) atoms. The van der Waals surface area contributed by atoms with Crippen LogP contribution in [-0.2, 0) is 4.79 Å². The van der Waals surface area contributed by atoms with Gasteiger partial charge in [0.2, 0.25) is 6.41 Å². The smallest absolute Gasteiger partial charge is 0.207 e. The van der Waals surface area contributed by atoms with E-state index in [1.165, 1.54) is 0 Å². The molecule has 3 heteroatoms. The van der Waals surface area contributed by atoms with E-state index in [9.17, 15) is 4.79 Å². The van der Waals surface area contributed by atoms with Crippen molar-refractivity contribution in [1.82, 2.24) is 5.32 Å². The summed E-state index contributed by atoms with van der Waals surface area (Å²) in [7, 11) is 0. The van der Waals surface area contributed by atoms with Crippen LogP contribution in [0.1, 0.15) is 31.0 Å². The fourth-order valence-electron chi connectivity index (χ4n) is 1.63. The summed E-state index contributed by atoms with van der Waals surface area (Å²) in [6.45, 7) is 3.56. The highest BCUT2D eigenvalue weighted by Gasteiger charge is 2.30. The van der Waals surface area contributed by atoms with Crippen LogP contribution in [-0.4, -0.2) is 6.41 Å². The molecule has 0 aromatic heterocycles. The van der Waals surface area contributed by atoms with Crippen LogP contribution in [0.4, 0.5) is 0 Å². The molecule has 0 aliphatic heterocycles. The second-order valence-electron chi connectivity index (χ2n) is 4.32. The first-order valence-electron chi connectivity index (χ1n) is 5.22. The Morgan fingerprint density at radius 2 is 2.00 bits per heavy atom. The highest BCUT2D eigenvalue weighted by atomic mass is 16.1. The van der Waals surface area contributed by atoms with E-state index in [1.807, 2.05) is 12.1 Å². The van der Waals surface area contributed by atoms with Gasteiger partial charge in [0.05, 0.1) is 17.5 Å². The highest BCUT2D eigenvalue weighted by molar-refractivity contribution is 5.49. The summed E-state index contributed by atoms with van der Waals surface area (Å²) >= 11 is 0. The van der Waals surface area contributed by atoms with Crippen molar-refractivity contribution in [3.63, 3.8) is 0 Å². The van der Waals surface area contributed by atoms with E-state index in [0.29, 0.717) is 6.41 Å². The first-order valence-corrected chi connectivity index (χ1v) is 5.22. The lowest BCUT2D eigenvalue weighted by Gasteiger charge is -2.27.